The highest BCUT2D eigenvalue weighted by Crippen LogP contribution is 2.36. The van der Waals surface area contributed by atoms with Crippen LogP contribution in [0.15, 0.2) is 0 Å². The Morgan fingerprint density at radius 3 is 2.68 bits per heavy atom. The molecule has 1 amide bonds. The summed E-state index contributed by atoms with van der Waals surface area (Å²) < 4.78 is 22.3. The van der Waals surface area contributed by atoms with E-state index in [1.807, 2.05) is 4.90 Å². The minimum Gasteiger partial charge on any atom is -0.338 e. The summed E-state index contributed by atoms with van der Waals surface area (Å²) in [7, 11) is -3.05. The molecule has 3 unspecified atom stereocenters. The Labute approximate surface area is 115 Å². The number of carbonyl (C=O) groups excluding carboxylic acids is 1. The molecule has 2 N–H and O–H groups in total. The quantitative estimate of drug-likeness (QED) is 0.818. The lowest BCUT2D eigenvalue weighted by atomic mass is 9.91. The van der Waals surface area contributed by atoms with E-state index in [2.05, 4.69) is 0 Å². The number of hydrogen-bond acceptors (Lipinski definition) is 4. The maximum Gasteiger partial charge on any atom is 0.239 e. The van der Waals surface area contributed by atoms with E-state index in [1.54, 1.807) is 0 Å². The number of hydrogen-bond donors (Lipinski definition) is 1. The molecule has 2 aliphatic rings. The van der Waals surface area contributed by atoms with Crippen molar-refractivity contribution in [3.05, 3.63) is 0 Å². The molecule has 0 aromatic heterocycles. The van der Waals surface area contributed by atoms with Crippen molar-refractivity contribution in [1.82, 2.24) is 4.90 Å². The number of piperidine rings is 1. The molecule has 5 nitrogen and oxygen atoms in total. The van der Waals surface area contributed by atoms with Gasteiger partial charge in [0.2, 0.25) is 5.91 Å². The number of likely N-dealkylation sites (tertiary alicyclic amines) is 1. The number of nitrogens with zero attached hydrogens (tertiary/aromatic N) is 1. The second-order valence-corrected chi connectivity index (χ2v) is 8.22. The number of amides is 1. The zero-order valence-corrected chi connectivity index (χ0v) is 12.4. The van der Waals surface area contributed by atoms with Crippen LogP contribution >= 0.6 is 0 Å². The van der Waals surface area contributed by atoms with Crippen LogP contribution < -0.4 is 5.73 Å². The van der Waals surface area contributed by atoms with Gasteiger partial charge in [0.05, 0.1) is 11.8 Å². The van der Waals surface area contributed by atoms with Crippen LogP contribution in [0.3, 0.4) is 0 Å². The SMILES string of the molecule is CS(=O)(=O)CCC(N)C(=O)N1CCCC2CCCC21. The molecule has 2 rings (SSSR count). The smallest absolute Gasteiger partial charge is 0.239 e. The summed E-state index contributed by atoms with van der Waals surface area (Å²) in [6.07, 6.45) is 7.16. The summed E-state index contributed by atoms with van der Waals surface area (Å²) >= 11 is 0. The molecule has 1 aliphatic carbocycles. The summed E-state index contributed by atoms with van der Waals surface area (Å²) in [6.45, 7) is 0.784. The zero-order valence-electron chi connectivity index (χ0n) is 11.5. The second kappa shape index (κ2) is 5.79. The summed E-state index contributed by atoms with van der Waals surface area (Å²) in [5.74, 6) is 0.571. The van der Waals surface area contributed by atoms with Crippen molar-refractivity contribution >= 4 is 15.7 Å². The topological polar surface area (TPSA) is 80.5 Å². The van der Waals surface area contributed by atoms with E-state index in [0.29, 0.717) is 12.0 Å². The van der Waals surface area contributed by atoms with E-state index in [9.17, 15) is 13.2 Å². The number of sulfone groups is 1. The number of nitrogens with two attached hydrogens (primary N) is 1. The highest BCUT2D eigenvalue weighted by Gasteiger charge is 2.38. The maximum atomic E-state index is 12.4. The van der Waals surface area contributed by atoms with Crippen LogP contribution in [0.4, 0.5) is 0 Å². The van der Waals surface area contributed by atoms with E-state index in [1.165, 1.54) is 25.5 Å². The Bertz CT molecular complexity index is 435. The summed E-state index contributed by atoms with van der Waals surface area (Å²) in [6, 6.07) is -0.320. The highest BCUT2D eigenvalue weighted by molar-refractivity contribution is 7.90. The molecule has 3 atom stereocenters. The molecule has 0 radical (unpaired) electrons. The molecular weight excluding hydrogens is 264 g/mol. The van der Waals surface area contributed by atoms with Gasteiger partial charge < -0.3 is 10.6 Å². The van der Waals surface area contributed by atoms with Gasteiger partial charge >= 0.3 is 0 Å². The molecule has 1 heterocycles. The van der Waals surface area contributed by atoms with Gasteiger partial charge in [0.25, 0.3) is 0 Å². The molecule has 2 fully saturated rings. The van der Waals surface area contributed by atoms with Crippen molar-refractivity contribution in [2.75, 3.05) is 18.6 Å². The lowest BCUT2D eigenvalue weighted by Gasteiger charge is -2.39. The number of carbonyl (C=O) groups is 1. The van der Waals surface area contributed by atoms with Crippen LogP contribution in [0, 0.1) is 5.92 Å². The van der Waals surface area contributed by atoms with E-state index >= 15 is 0 Å². The van der Waals surface area contributed by atoms with Crippen molar-refractivity contribution < 1.29 is 13.2 Å². The van der Waals surface area contributed by atoms with Crippen LogP contribution in [-0.4, -0.2) is 49.9 Å². The third-order valence-corrected chi connectivity index (χ3v) is 5.37. The lowest BCUT2D eigenvalue weighted by Crippen LogP contribution is -2.52. The van der Waals surface area contributed by atoms with Crippen molar-refractivity contribution in [3.63, 3.8) is 0 Å². The van der Waals surface area contributed by atoms with Gasteiger partial charge in [-0.05, 0) is 38.0 Å². The summed E-state index contributed by atoms with van der Waals surface area (Å²) in [5.41, 5.74) is 5.88. The third-order valence-electron chi connectivity index (χ3n) is 4.39. The van der Waals surface area contributed by atoms with Crippen molar-refractivity contribution in [3.8, 4) is 0 Å². The van der Waals surface area contributed by atoms with Crippen LogP contribution in [0.1, 0.15) is 38.5 Å². The van der Waals surface area contributed by atoms with E-state index in [-0.39, 0.29) is 18.1 Å². The minimum absolute atomic E-state index is 0.0121. The molecule has 1 aliphatic heterocycles. The van der Waals surface area contributed by atoms with Crippen LogP contribution in [0.25, 0.3) is 0 Å². The zero-order chi connectivity index (χ0) is 14.0. The molecule has 0 aromatic carbocycles. The molecule has 0 spiro atoms. The highest BCUT2D eigenvalue weighted by atomic mass is 32.2. The fourth-order valence-corrected chi connectivity index (χ4v) is 4.09. The van der Waals surface area contributed by atoms with Gasteiger partial charge in [0.1, 0.15) is 9.84 Å². The van der Waals surface area contributed by atoms with Crippen LogP contribution in [0.2, 0.25) is 0 Å². The molecule has 110 valence electrons. The Balaban J connectivity index is 1.94. The average Bonchev–Trinajstić information content (AvgIpc) is 2.82. The molecule has 0 aromatic rings. The second-order valence-electron chi connectivity index (χ2n) is 5.96. The standard InChI is InChI=1S/C13H24N2O3S/c1-19(17,18)9-7-11(14)13(16)15-8-3-5-10-4-2-6-12(10)15/h10-12H,2-9,14H2,1H3. The summed E-state index contributed by atoms with van der Waals surface area (Å²) in [4.78, 5) is 14.3. The number of rotatable bonds is 4. The molecule has 19 heavy (non-hydrogen) atoms. The molecule has 0 bridgehead atoms. The Morgan fingerprint density at radius 2 is 2.00 bits per heavy atom. The van der Waals surface area contributed by atoms with Gasteiger partial charge in [0.15, 0.2) is 0 Å². The Kier molecular flexibility index (Phi) is 4.50. The first-order valence-electron chi connectivity index (χ1n) is 7.12. The van der Waals surface area contributed by atoms with Gasteiger partial charge in [-0.15, -0.1) is 0 Å². The Hall–Kier alpha value is -0.620. The van der Waals surface area contributed by atoms with Crippen molar-refractivity contribution in [2.24, 2.45) is 11.7 Å². The fraction of sp³-hybridized carbons (Fsp3) is 0.923. The average molecular weight is 288 g/mol. The van der Waals surface area contributed by atoms with Gasteiger partial charge in [0, 0.05) is 18.8 Å². The van der Waals surface area contributed by atoms with Gasteiger partial charge in [-0.3, -0.25) is 4.79 Å². The first kappa shape index (κ1) is 14.8. The largest absolute Gasteiger partial charge is 0.338 e. The minimum atomic E-state index is -3.05. The van der Waals surface area contributed by atoms with E-state index < -0.39 is 15.9 Å². The maximum absolute atomic E-state index is 12.4. The van der Waals surface area contributed by atoms with Gasteiger partial charge in [-0.1, -0.05) is 6.42 Å². The predicted octanol–water partition coefficient (Wildman–Crippen LogP) is 0.540. The van der Waals surface area contributed by atoms with Crippen molar-refractivity contribution in [2.45, 2.75) is 50.6 Å². The Morgan fingerprint density at radius 1 is 1.32 bits per heavy atom. The molecule has 1 saturated carbocycles. The van der Waals surface area contributed by atoms with E-state index in [0.717, 1.165) is 19.4 Å². The summed E-state index contributed by atoms with van der Waals surface area (Å²) in [5, 5.41) is 0. The first-order valence-corrected chi connectivity index (χ1v) is 9.18. The lowest BCUT2D eigenvalue weighted by molar-refractivity contribution is -0.137. The number of fused-ring (bicyclic) bond motifs is 1. The normalized spacial score (nSPS) is 29.1. The molecular formula is C13H24N2O3S. The third kappa shape index (κ3) is 3.69. The molecule has 6 heteroatoms. The van der Waals surface area contributed by atoms with Crippen LogP contribution in [-0.2, 0) is 14.6 Å². The van der Waals surface area contributed by atoms with Crippen LogP contribution in [0.5, 0.6) is 0 Å². The predicted molar refractivity (Wildman–Crippen MR) is 74.4 cm³/mol. The van der Waals surface area contributed by atoms with E-state index in [4.69, 9.17) is 5.73 Å². The van der Waals surface area contributed by atoms with Crippen molar-refractivity contribution in [1.29, 1.82) is 0 Å². The molecule has 1 saturated heterocycles. The first-order chi connectivity index (χ1) is 8.88. The van der Waals surface area contributed by atoms with Gasteiger partial charge in [-0.25, -0.2) is 8.42 Å². The van der Waals surface area contributed by atoms with Gasteiger partial charge in [-0.2, -0.15) is 0 Å². The fourth-order valence-electron chi connectivity index (χ4n) is 3.41. The monoisotopic (exact) mass is 288 g/mol.